The van der Waals surface area contributed by atoms with Gasteiger partial charge in [-0.15, -0.1) is 0 Å². The van der Waals surface area contributed by atoms with Gasteiger partial charge in [0.05, 0.1) is 11.9 Å². The van der Waals surface area contributed by atoms with Gasteiger partial charge in [-0.2, -0.15) is 0 Å². The Bertz CT molecular complexity index is 827. The molecule has 2 aromatic rings. The Balaban J connectivity index is 2.05. The number of rotatable bonds is 4. The second-order valence-electron chi connectivity index (χ2n) is 7.70. The monoisotopic (exact) mass is 355 g/mol. The molecule has 1 saturated heterocycles. The molecule has 0 amide bonds. The third-order valence-corrected chi connectivity index (χ3v) is 4.91. The summed E-state index contributed by atoms with van der Waals surface area (Å²) in [7, 11) is 0. The Morgan fingerprint density at radius 2 is 2.00 bits per heavy atom. The largest absolute Gasteiger partial charge is 0.355 e. The van der Waals surface area contributed by atoms with Crippen molar-refractivity contribution in [2.75, 3.05) is 18.0 Å². The highest BCUT2D eigenvalue weighted by Gasteiger charge is 2.20. The molecule has 0 spiro atoms. The Hall–Kier alpha value is -2.21. The highest BCUT2D eigenvalue weighted by Crippen LogP contribution is 2.26. The van der Waals surface area contributed by atoms with Crippen LogP contribution < -0.4 is 16.2 Å². The van der Waals surface area contributed by atoms with Crippen LogP contribution in [0.4, 0.5) is 5.82 Å². The van der Waals surface area contributed by atoms with Crippen molar-refractivity contribution in [3.05, 3.63) is 40.6 Å². The Morgan fingerprint density at radius 3 is 2.65 bits per heavy atom. The summed E-state index contributed by atoms with van der Waals surface area (Å²) in [4.78, 5) is 24.2. The van der Waals surface area contributed by atoms with E-state index in [-0.39, 0.29) is 23.6 Å². The van der Waals surface area contributed by atoms with Crippen LogP contribution in [0.15, 0.2) is 29.3 Å². The molecule has 3 rings (SSSR count). The molecule has 1 aliphatic rings. The van der Waals surface area contributed by atoms with E-state index in [9.17, 15) is 4.79 Å². The fraction of sp³-hybridized carbons (Fsp3) is 0.550. The fourth-order valence-corrected chi connectivity index (χ4v) is 3.57. The summed E-state index contributed by atoms with van der Waals surface area (Å²) in [5.74, 6) is 1.01. The van der Waals surface area contributed by atoms with Crippen LogP contribution in [-0.2, 0) is 0 Å². The van der Waals surface area contributed by atoms with E-state index in [1.165, 1.54) is 0 Å². The Kier molecular flexibility index (Phi) is 5.41. The molecule has 26 heavy (non-hydrogen) atoms. The van der Waals surface area contributed by atoms with E-state index in [0.29, 0.717) is 5.69 Å². The first-order valence-corrected chi connectivity index (χ1v) is 9.47. The van der Waals surface area contributed by atoms with Gasteiger partial charge in [0.15, 0.2) is 0 Å². The number of aromatic nitrogens is 3. The molecule has 6 heteroatoms. The lowest BCUT2D eigenvalue weighted by Gasteiger charge is -2.32. The number of anilines is 1. The first kappa shape index (κ1) is 18.6. The second kappa shape index (κ2) is 7.58. The number of pyridine rings is 1. The molecule has 3 heterocycles. The van der Waals surface area contributed by atoms with E-state index in [1.807, 2.05) is 50.6 Å². The molecule has 0 radical (unpaired) electrons. The van der Waals surface area contributed by atoms with E-state index < -0.39 is 0 Å². The van der Waals surface area contributed by atoms with E-state index in [4.69, 9.17) is 5.73 Å². The zero-order valence-electron chi connectivity index (χ0n) is 16.1. The number of piperidine rings is 1. The van der Waals surface area contributed by atoms with Gasteiger partial charge in [0.25, 0.3) is 5.56 Å². The first-order chi connectivity index (χ1) is 12.4. The first-order valence-electron chi connectivity index (χ1n) is 9.47. The van der Waals surface area contributed by atoms with Crippen molar-refractivity contribution in [2.24, 2.45) is 5.73 Å². The molecule has 0 unspecified atom stereocenters. The van der Waals surface area contributed by atoms with Crippen LogP contribution in [0.25, 0.3) is 11.3 Å². The van der Waals surface area contributed by atoms with Crippen LogP contribution in [0.5, 0.6) is 0 Å². The lowest BCUT2D eigenvalue weighted by molar-refractivity contribution is 0.503. The summed E-state index contributed by atoms with van der Waals surface area (Å²) < 4.78 is 1.84. The SMILES string of the molecule is CC(C)c1ncc(-c2ccnc(N3CCC[C@H](N)C3)c2)n(C(C)C)c1=O. The highest BCUT2D eigenvalue weighted by atomic mass is 16.1. The highest BCUT2D eigenvalue weighted by molar-refractivity contribution is 5.63. The predicted molar refractivity (Wildman–Crippen MR) is 106 cm³/mol. The maximum absolute atomic E-state index is 12.9. The molecule has 6 nitrogen and oxygen atoms in total. The average molecular weight is 355 g/mol. The number of nitrogens with two attached hydrogens (primary N) is 1. The molecule has 0 aromatic carbocycles. The summed E-state index contributed by atoms with van der Waals surface area (Å²) in [5, 5.41) is 0. The quantitative estimate of drug-likeness (QED) is 0.912. The number of nitrogens with zero attached hydrogens (tertiary/aromatic N) is 4. The third-order valence-electron chi connectivity index (χ3n) is 4.91. The molecule has 140 valence electrons. The van der Waals surface area contributed by atoms with Gasteiger partial charge in [-0.1, -0.05) is 13.8 Å². The molecule has 1 fully saturated rings. The molecule has 0 saturated carbocycles. The summed E-state index contributed by atoms with van der Waals surface area (Å²) >= 11 is 0. The second-order valence-corrected chi connectivity index (χ2v) is 7.70. The van der Waals surface area contributed by atoms with Crippen LogP contribution in [0.1, 0.15) is 58.2 Å². The van der Waals surface area contributed by atoms with Crippen molar-refractivity contribution in [3.8, 4) is 11.3 Å². The minimum absolute atomic E-state index is 0.00847. The van der Waals surface area contributed by atoms with Crippen molar-refractivity contribution in [1.82, 2.24) is 14.5 Å². The number of hydrogen-bond donors (Lipinski definition) is 1. The Morgan fingerprint density at radius 1 is 1.23 bits per heavy atom. The van der Waals surface area contributed by atoms with Crippen LogP contribution >= 0.6 is 0 Å². The van der Waals surface area contributed by atoms with E-state index in [2.05, 4.69) is 14.9 Å². The summed E-state index contributed by atoms with van der Waals surface area (Å²) in [6, 6.07) is 4.23. The summed E-state index contributed by atoms with van der Waals surface area (Å²) in [6.45, 7) is 9.83. The van der Waals surface area contributed by atoms with Gasteiger partial charge in [-0.3, -0.25) is 9.78 Å². The van der Waals surface area contributed by atoms with E-state index in [0.717, 1.165) is 43.0 Å². The molecule has 0 aliphatic carbocycles. The van der Waals surface area contributed by atoms with Crippen LogP contribution in [-0.4, -0.2) is 33.7 Å². The summed E-state index contributed by atoms with van der Waals surface area (Å²) in [5.41, 5.74) is 8.51. The minimum Gasteiger partial charge on any atom is -0.355 e. The van der Waals surface area contributed by atoms with Crippen LogP contribution in [0, 0.1) is 0 Å². The molecule has 0 bridgehead atoms. The maximum Gasteiger partial charge on any atom is 0.273 e. The fourth-order valence-electron chi connectivity index (χ4n) is 3.57. The van der Waals surface area contributed by atoms with Gasteiger partial charge < -0.3 is 15.2 Å². The smallest absolute Gasteiger partial charge is 0.273 e. The normalized spacial score (nSPS) is 18.0. The standard InChI is InChI=1S/C20H29N5O/c1-13(2)19-20(26)25(14(3)4)17(11-23-19)15-7-8-22-18(10-15)24-9-5-6-16(21)12-24/h7-8,10-11,13-14,16H,5-6,9,12,21H2,1-4H3/t16-/m0/s1. The molecular weight excluding hydrogens is 326 g/mol. The molecular formula is C20H29N5O. The average Bonchev–Trinajstić information content (AvgIpc) is 2.61. The molecule has 2 N–H and O–H groups in total. The van der Waals surface area contributed by atoms with Crippen molar-refractivity contribution >= 4 is 5.82 Å². The zero-order valence-corrected chi connectivity index (χ0v) is 16.1. The van der Waals surface area contributed by atoms with E-state index >= 15 is 0 Å². The predicted octanol–water partition coefficient (Wildman–Crippen LogP) is 2.94. The maximum atomic E-state index is 12.9. The van der Waals surface area contributed by atoms with Crippen molar-refractivity contribution in [1.29, 1.82) is 0 Å². The van der Waals surface area contributed by atoms with Crippen LogP contribution in [0.2, 0.25) is 0 Å². The number of hydrogen-bond acceptors (Lipinski definition) is 5. The molecule has 1 aliphatic heterocycles. The summed E-state index contributed by atoms with van der Waals surface area (Å²) in [6.07, 6.45) is 5.76. The van der Waals surface area contributed by atoms with Crippen molar-refractivity contribution in [2.45, 2.75) is 58.5 Å². The topological polar surface area (TPSA) is 77.0 Å². The van der Waals surface area contributed by atoms with Crippen molar-refractivity contribution in [3.63, 3.8) is 0 Å². The zero-order chi connectivity index (χ0) is 18.8. The molecule has 1 atom stereocenters. The van der Waals surface area contributed by atoms with Gasteiger partial charge in [0, 0.05) is 42.9 Å². The van der Waals surface area contributed by atoms with Gasteiger partial charge in [-0.25, -0.2) is 4.98 Å². The van der Waals surface area contributed by atoms with Crippen LogP contribution in [0.3, 0.4) is 0 Å². The van der Waals surface area contributed by atoms with Gasteiger partial charge in [0.2, 0.25) is 0 Å². The Labute approximate surface area is 155 Å². The van der Waals surface area contributed by atoms with Gasteiger partial charge >= 0.3 is 0 Å². The lowest BCUT2D eigenvalue weighted by atomic mass is 10.1. The lowest BCUT2D eigenvalue weighted by Crippen LogP contribution is -2.43. The van der Waals surface area contributed by atoms with Gasteiger partial charge in [0.1, 0.15) is 11.5 Å². The third kappa shape index (κ3) is 3.65. The van der Waals surface area contributed by atoms with Gasteiger partial charge in [-0.05, 0) is 38.8 Å². The van der Waals surface area contributed by atoms with E-state index in [1.54, 1.807) is 6.20 Å². The van der Waals surface area contributed by atoms with Crippen molar-refractivity contribution < 1.29 is 0 Å². The molecule has 2 aromatic heterocycles. The minimum atomic E-state index is -0.00847.